The van der Waals surface area contributed by atoms with Crippen molar-refractivity contribution in [3.05, 3.63) is 29.8 Å². The molecule has 0 saturated carbocycles. The number of hydrogen-bond acceptors (Lipinski definition) is 6. The molecule has 0 saturated heterocycles. The summed E-state index contributed by atoms with van der Waals surface area (Å²) in [6, 6.07) is 7.11. The Balaban J connectivity index is 2.25. The third-order valence-corrected chi connectivity index (χ3v) is 2.53. The number of benzene rings is 1. The van der Waals surface area contributed by atoms with Gasteiger partial charge in [-0.3, -0.25) is 4.79 Å². The van der Waals surface area contributed by atoms with Crippen LogP contribution in [0, 0.1) is 0 Å². The van der Waals surface area contributed by atoms with Crippen LogP contribution in [-0.4, -0.2) is 37.4 Å². The number of rotatable bonds is 7. The summed E-state index contributed by atoms with van der Waals surface area (Å²) in [7, 11) is 0. The molecule has 0 radical (unpaired) electrons. The Morgan fingerprint density at radius 2 is 1.83 bits per heavy atom. The smallest absolute Gasteiger partial charge is 0.407 e. The molecular formula is C16H24N2O5. The van der Waals surface area contributed by atoms with Gasteiger partial charge in [-0.05, 0) is 38.5 Å². The van der Waals surface area contributed by atoms with Gasteiger partial charge in [-0.2, -0.15) is 0 Å². The van der Waals surface area contributed by atoms with E-state index in [0.717, 1.165) is 5.56 Å². The van der Waals surface area contributed by atoms with Crippen LogP contribution in [0.2, 0.25) is 0 Å². The summed E-state index contributed by atoms with van der Waals surface area (Å²) < 4.78 is 15.5. The lowest BCUT2D eigenvalue weighted by molar-refractivity contribution is -0.143. The quantitative estimate of drug-likeness (QED) is 0.583. The van der Waals surface area contributed by atoms with Gasteiger partial charge in [-0.1, -0.05) is 12.1 Å². The first kappa shape index (κ1) is 18.8. The fourth-order valence-corrected chi connectivity index (χ4v) is 1.54. The van der Waals surface area contributed by atoms with Gasteiger partial charge in [0.1, 0.15) is 24.6 Å². The number of ether oxygens (including phenoxy) is 3. The highest BCUT2D eigenvalue weighted by molar-refractivity contribution is 5.71. The maximum absolute atomic E-state index is 11.4. The van der Waals surface area contributed by atoms with Gasteiger partial charge >= 0.3 is 12.1 Å². The summed E-state index contributed by atoms with van der Waals surface area (Å²) in [4.78, 5) is 22.4. The number of carbonyl (C=O) groups is 2. The van der Waals surface area contributed by atoms with Crippen LogP contribution in [0.4, 0.5) is 4.79 Å². The SMILES string of the molecule is CC(C)(C)OC(=O)NCCOc1ccc(COC(=O)CN)cc1. The molecule has 1 amide bonds. The highest BCUT2D eigenvalue weighted by atomic mass is 16.6. The van der Waals surface area contributed by atoms with E-state index in [1.807, 2.05) is 0 Å². The lowest BCUT2D eigenvalue weighted by Crippen LogP contribution is -2.34. The first-order valence-corrected chi connectivity index (χ1v) is 7.34. The Morgan fingerprint density at radius 3 is 2.39 bits per heavy atom. The molecule has 0 unspecified atom stereocenters. The average molecular weight is 324 g/mol. The predicted molar refractivity (Wildman–Crippen MR) is 85.0 cm³/mol. The van der Waals surface area contributed by atoms with Crippen molar-refractivity contribution >= 4 is 12.1 Å². The molecule has 1 aromatic carbocycles. The summed E-state index contributed by atoms with van der Waals surface area (Å²) in [5.41, 5.74) is 5.47. The van der Waals surface area contributed by atoms with Crippen LogP contribution >= 0.6 is 0 Å². The zero-order valence-corrected chi connectivity index (χ0v) is 13.8. The molecule has 0 fully saturated rings. The van der Waals surface area contributed by atoms with Crippen LogP contribution in [0.5, 0.6) is 5.75 Å². The average Bonchev–Trinajstić information content (AvgIpc) is 2.48. The second kappa shape index (κ2) is 8.99. The van der Waals surface area contributed by atoms with Gasteiger partial charge in [0.05, 0.1) is 13.1 Å². The molecule has 0 bridgehead atoms. The summed E-state index contributed by atoms with van der Waals surface area (Å²) >= 11 is 0. The van der Waals surface area contributed by atoms with Crippen LogP contribution in [0.15, 0.2) is 24.3 Å². The largest absolute Gasteiger partial charge is 0.492 e. The Kier molecular flexibility index (Phi) is 7.34. The second-order valence-electron chi connectivity index (χ2n) is 5.79. The van der Waals surface area contributed by atoms with Crippen molar-refractivity contribution in [2.24, 2.45) is 5.73 Å². The minimum atomic E-state index is -0.520. The second-order valence-corrected chi connectivity index (χ2v) is 5.79. The molecule has 0 aliphatic carbocycles. The van der Waals surface area contributed by atoms with E-state index in [-0.39, 0.29) is 13.2 Å². The molecule has 0 heterocycles. The van der Waals surface area contributed by atoms with E-state index in [2.05, 4.69) is 5.32 Å². The molecule has 3 N–H and O–H groups in total. The van der Waals surface area contributed by atoms with Crippen molar-refractivity contribution in [3.8, 4) is 5.75 Å². The van der Waals surface area contributed by atoms with Crippen LogP contribution < -0.4 is 15.8 Å². The van der Waals surface area contributed by atoms with Crippen molar-refractivity contribution in [2.75, 3.05) is 19.7 Å². The standard InChI is InChI=1S/C16H24N2O5/c1-16(2,3)23-15(20)18-8-9-21-13-6-4-12(5-7-13)11-22-14(19)10-17/h4-7H,8-11,17H2,1-3H3,(H,18,20). The monoisotopic (exact) mass is 324 g/mol. The number of carbonyl (C=O) groups excluding carboxylic acids is 2. The van der Waals surface area contributed by atoms with Gasteiger partial charge in [-0.25, -0.2) is 4.79 Å². The summed E-state index contributed by atoms with van der Waals surface area (Å²) in [5.74, 6) is 0.212. The molecule has 0 spiro atoms. The third kappa shape index (κ3) is 8.67. The van der Waals surface area contributed by atoms with Crippen molar-refractivity contribution in [1.82, 2.24) is 5.32 Å². The van der Waals surface area contributed by atoms with E-state index in [1.165, 1.54) is 0 Å². The van der Waals surface area contributed by atoms with Gasteiger partial charge in [0.2, 0.25) is 0 Å². The van der Waals surface area contributed by atoms with E-state index in [4.69, 9.17) is 19.9 Å². The van der Waals surface area contributed by atoms with E-state index < -0.39 is 17.7 Å². The van der Waals surface area contributed by atoms with E-state index >= 15 is 0 Å². The maximum atomic E-state index is 11.4. The molecular weight excluding hydrogens is 300 g/mol. The molecule has 7 nitrogen and oxygen atoms in total. The van der Waals surface area contributed by atoms with Crippen molar-refractivity contribution < 1.29 is 23.8 Å². The maximum Gasteiger partial charge on any atom is 0.407 e. The molecule has 0 aromatic heterocycles. The van der Waals surface area contributed by atoms with Crippen LogP contribution in [0.25, 0.3) is 0 Å². The van der Waals surface area contributed by atoms with Gasteiger partial charge in [0.15, 0.2) is 0 Å². The van der Waals surface area contributed by atoms with Gasteiger partial charge in [-0.15, -0.1) is 0 Å². The van der Waals surface area contributed by atoms with Crippen LogP contribution in [0.1, 0.15) is 26.3 Å². The van der Waals surface area contributed by atoms with Crippen molar-refractivity contribution in [1.29, 1.82) is 0 Å². The van der Waals surface area contributed by atoms with Crippen molar-refractivity contribution in [2.45, 2.75) is 33.0 Å². The molecule has 1 rings (SSSR count). The minimum Gasteiger partial charge on any atom is -0.492 e. The van der Waals surface area contributed by atoms with Gasteiger partial charge < -0.3 is 25.3 Å². The molecule has 0 aliphatic rings. The van der Waals surface area contributed by atoms with E-state index in [0.29, 0.717) is 18.9 Å². The highest BCUT2D eigenvalue weighted by Crippen LogP contribution is 2.12. The topological polar surface area (TPSA) is 99.9 Å². The fraction of sp³-hybridized carbons (Fsp3) is 0.500. The highest BCUT2D eigenvalue weighted by Gasteiger charge is 2.15. The van der Waals surface area contributed by atoms with Gasteiger partial charge in [0, 0.05) is 0 Å². The number of nitrogens with one attached hydrogen (secondary N) is 1. The minimum absolute atomic E-state index is 0.133. The molecule has 0 atom stereocenters. The summed E-state index contributed by atoms with van der Waals surface area (Å²) in [6.07, 6.45) is -0.474. The van der Waals surface area contributed by atoms with Crippen LogP contribution in [-0.2, 0) is 20.9 Å². The molecule has 1 aromatic rings. The Morgan fingerprint density at radius 1 is 1.17 bits per heavy atom. The Labute approximate surface area is 136 Å². The predicted octanol–water partition coefficient (Wildman–Crippen LogP) is 1.59. The fourth-order valence-electron chi connectivity index (χ4n) is 1.54. The number of esters is 1. The molecule has 7 heteroatoms. The number of nitrogens with two attached hydrogens (primary N) is 1. The summed E-state index contributed by atoms with van der Waals surface area (Å²) in [6.45, 7) is 6.11. The number of alkyl carbamates (subject to hydrolysis) is 1. The van der Waals surface area contributed by atoms with Crippen molar-refractivity contribution in [3.63, 3.8) is 0 Å². The first-order chi connectivity index (χ1) is 10.8. The Bertz CT molecular complexity index is 508. The van der Waals surface area contributed by atoms with Gasteiger partial charge in [0.25, 0.3) is 0 Å². The van der Waals surface area contributed by atoms with E-state index in [9.17, 15) is 9.59 Å². The first-order valence-electron chi connectivity index (χ1n) is 7.34. The molecule has 128 valence electrons. The Hall–Kier alpha value is -2.28. The molecule has 23 heavy (non-hydrogen) atoms. The zero-order valence-electron chi connectivity index (χ0n) is 13.8. The zero-order chi connectivity index (χ0) is 17.3. The summed E-state index contributed by atoms with van der Waals surface area (Å²) in [5, 5.41) is 2.60. The lowest BCUT2D eigenvalue weighted by atomic mass is 10.2. The number of amides is 1. The van der Waals surface area contributed by atoms with Crippen LogP contribution in [0.3, 0.4) is 0 Å². The van der Waals surface area contributed by atoms with E-state index in [1.54, 1.807) is 45.0 Å². The normalized spacial score (nSPS) is 10.8. The number of hydrogen-bond donors (Lipinski definition) is 2. The lowest BCUT2D eigenvalue weighted by Gasteiger charge is -2.19. The molecule has 0 aliphatic heterocycles. The third-order valence-electron chi connectivity index (χ3n) is 2.53.